The highest BCUT2D eigenvalue weighted by Gasteiger charge is 2.23. The van der Waals surface area contributed by atoms with Gasteiger partial charge in [0.15, 0.2) is 11.3 Å². The number of imidazole rings is 1. The fourth-order valence-corrected chi connectivity index (χ4v) is 3.87. The predicted octanol–water partition coefficient (Wildman–Crippen LogP) is 3.52. The van der Waals surface area contributed by atoms with Crippen molar-refractivity contribution in [3.8, 4) is 11.3 Å². The number of aliphatic hydroxyl groups is 1. The van der Waals surface area contributed by atoms with Crippen LogP contribution in [0.3, 0.4) is 0 Å². The number of hydrogen-bond donors (Lipinski definition) is 1. The first kappa shape index (κ1) is 15.4. The molecule has 1 aliphatic carbocycles. The first-order chi connectivity index (χ1) is 12.8. The number of aromatic nitrogens is 5. The van der Waals surface area contributed by atoms with E-state index in [4.69, 9.17) is 4.98 Å². The third kappa shape index (κ3) is 2.54. The van der Waals surface area contributed by atoms with Crippen LogP contribution in [0, 0.1) is 0 Å². The van der Waals surface area contributed by atoms with Crippen LogP contribution in [0.1, 0.15) is 31.7 Å². The fourth-order valence-electron chi connectivity index (χ4n) is 3.87. The minimum atomic E-state index is -0.175. The van der Waals surface area contributed by atoms with Crippen LogP contribution in [0.15, 0.2) is 49.1 Å². The first-order valence-electron chi connectivity index (χ1n) is 9.01. The summed E-state index contributed by atoms with van der Waals surface area (Å²) in [4.78, 5) is 18.3. The van der Waals surface area contributed by atoms with Gasteiger partial charge in [0.1, 0.15) is 0 Å². The van der Waals surface area contributed by atoms with E-state index in [1.165, 1.54) is 0 Å². The molecule has 0 aliphatic heterocycles. The molecule has 26 heavy (non-hydrogen) atoms. The number of aliphatic hydroxyl groups excluding tert-OH is 1. The summed E-state index contributed by atoms with van der Waals surface area (Å²) in [5.41, 5.74) is 4.27. The minimum Gasteiger partial charge on any atom is -0.393 e. The highest BCUT2D eigenvalue weighted by atomic mass is 16.3. The maximum absolute atomic E-state index is 9.77. The molecule has 0 atom stereocenters. The molecule has 6 heteroatoms. The Morgan fingerprint density at radius 2 is 1.85 bits per heavy atom. The highest BCUT2D eigenvalue weighted by molar-refractivity contribution is 5.93. The molecule has 1 fully saturated rings. The zero-order valence-corrected chi connectivity index (χ0v) is 14.3. The summed E-state index contributed by atoms with van der Waals surface area (Å²) in [7, 11) is 0. The molecular weight excluding hydrogens is 326 g/mol. The third-order valence-corrected chi connectivity index (χ3v) is 5.27. The van der Waals surface area contributed by atoms with Crippen molar-refractivity contribution in [1.82, 2.24) is 24.5 Å². The second-order valence-corrected chi connectivity index (χ2v) is 6.89. The van der Waals surface area contributed by atoms with Gasteiger partial charge in [-0.15, -0.1) is 0 Å². The van der Waals surface area contributed by atoms with Gasteiger partial charge in [-0.25, -0.2) is 15.0 Å². The molecule has 4 aromatic rings. The Kier molecular flexibility index (Phi) is 3.64. The molecule has 0 unspecified atom stereocenters. The van der Waals surface area contributed by atoms with E-state index in [2.05, 4.69) is 31.7 Å². The van der Waals surface area contributed by atoms with E-state index in [9.17, 15) is 5.11 Å². The van der Waals surface area contributed by atoms with Crippen molar-refractivity contribution >= 4 is 22.2 Å². The van der Waals surface area contributed by atoms with E-state index < -0.39 is 0 Å². The molecular formula is C20H19N5O. The van der Waals surface area contributed by atoms with Crippen LogP contribution in [0.25, 0.3) is 33.5 Å². The summed E-state index contributed by atoms with van der Waals surface area (Å²) < 4.78 is 2.13. The van der Waals surface area contributed by atoms with Crippen LogP contribution in [0.4, 0.5) is 0 Å². The van der Waals surface area contributed by atoms with Crippen molar-refractivity contribution in [2.75, 3.05) is 0 Å². The topological polar surface area (TPSA) is 76.7 Å². The van der Waals surface area contributed by atoms with E-state index in [1.807, 2.05) is 24.5 Å². The Morgan fingerprint density at radius 1 is 0.962 bits per heavy atom. The summed E-state index contributed by atoms with van der Waals surface area (Å²) in [6, 6.07) is 10.4. The second kappa shape index (κ2) is 6.14. The molecule has 0 saturated heterocycles. The Morgan fingerprint density at radius 3 is 2.73 bits per heavy atom. The molecule has 1 N–H and O–H groups in total. The van der Waals surface area contributed by atoms with E-state index in [1.54, 1.807) is 12.4 Å². The number of rotatable bonds is 2. The maximum Gasteiger partial charge on any atom is 0.197 e. The Balaban J connectivity index is 1.62. The van der Waals surface area contributed by atoms with Crippen LogP contribution >= 0.6 is 0 Å². The highest BCUT2D eigenvalue weighted by Crippen LogP contribution is 2.31. The molecule has 3 aromatic heterocycles. The molecule has 0 amide bonds. The largest absolute Gasteiger partial charge is 0.393 e. The molecule has 0 bridgehead atoms. The van der Waals surface area contributed by atoms with Gasteiger partial charge < -0.3 is 9.67 Å². The molecule has 1 aromatic carbocycles. The lowest BCUT2D eigenvalue weighted by atomic mass is 9.93. The molecule has 0 spiro atoms. The fraction of sp³-hybridized carbons (Fsp3) is 0.300. The van der Waals surface area contributed by atoms with Gasteiger partial charge in [-0.05, 0) is 37.8 Å². The Labute approximate surface area is 150 Å². The minimum absolute atomic E-state index is 0.175. The maximum atomic E-state index is 9.77. The second-order valence-electron chi connectivity index (χ2n) is 6.89. The Bertz CT molecular complexity index is 1080. The van der Waals surface area contributed by atoms with E-state index in [-0.39, 0.29) is 6.10 Å². The van der Waals surface area contributed by atoms with Gasteiger partial charge >= 0.3 is 0 Å². The summed E-state index contributed by atoms with van der Waals surface area (Å²) in [6.07, 6.45) is 8.78. The van der Waals surface area contributed by atoms with E-state index in [0.29, 0.717) is 11.7 Å². The van der Waals surface area contributed by atoms with Gasteiger partial charge in [0.05, 0.1) is 29.8 Å². The third-order valence-electron chi connectivity index (χ3n) is 5.27. The average molecular weight is 345 g/mol. The van der Waals surface area contributed by atoms with Crippen LogP contribution in [-0.4, -0.2) is 35.7 Å². The molecule has 130 valence electrons. The van der Waals surface area contributed by atoms with Gasteiger partial charge in [0, 0.05) is 23.2 Å². The van der Waals surface area contributed by atoms with Crippen LogP contribution < -0.4 is 0 Å². The van der Waals surface area contributed by atoms with Crippen molar-refractivity contribution in [3.05, 3.63) is 49.1 Å². The van der Waals surface area contributed by atoms with Gasteiger partial charge in [-0.2, -0.15) is 0 Å². The standard InChI is InChI=1S/C20H19N5O/c26-14-8-6-13(7-9-14)25-12-23-19-20(25)24-18(11-22-19)16-3-1-5-17-15(16)4-2-10-21-17/h1-5,10-14,26H,6-9H2. The number of benzene rings is 1. The average Bonchev–Trinajstić information content (AvgIpc) is 3.11. The van der Waals surface area contributed by atoms with Crippen molar-refractivity contribution in [3.63, 3.8) is 0 Å². The smallest absolute Gasteiger partial charge is 0.197 e. The summed E-state index contributed by atoms with van der Waals surface area (Å²) in [6.45, 7) is 0. The summed E-state index contributed by atoms with van der Waals surface area (Å²) in [5.74, 6) is 0. The van der Waals surface area contributed by atoms with Crippen molar-refractivity contribution < 1.29 is 5.11 Å². The normalized spacial score (nSPS) is 20.7. The first-order valence-corrected chi connectivity index (χ1v) is 9.01. The number of fused-ring (bicyclic) bond motifs is 2. The number of pyridine rings is 1. The van der Waals surface area contributed by atoms with Crippen molar-refractivity contribution in [2.24, 2.45) is 0 Å². The van der Waals surface area contributed by atoms with Gasteiger partial charge in [0.2, 0.25) is 0 Å². The van der Waals surface area contributed by atoms with Crippen LogP contribution in [0.5, 0.6) is 0 Å². The SMILES string of the molecule is OC1CCC(n2cnc3ncc(-c4cccc5ncccc45)nc32)CC1. The van der Waals surface area contributed by atoms with Crippen LogP contribution in [-0.2, 0) is 0 Å². The molecule has 0 radical (unpaired) electrons. The predicted molar refractivity (Wildman–Crippen MR) is 99.6 cm³/mol. The van der Waals surface area contributed by atoms with Crippen LogP contribution in [0.2, 0.25) is 0 Å². The van der Waals surface area contributed by atoms with Gasteiger partial charge in [0.25, 0.3) is 0 Å². The summed E-state index contributed by atoms with van der Waals surface area (Å²) >= 11 is 0. The number of hydrogen-bond acceptors (Lipinski definition) is 5. The summed E-state index contributed by atoms with van der Waals surface area (Å²) in [5, 5.41) is 10.8. The quantitative estimate of drug-likeness (QED) is 0.601. The zero-order chi connectivity index (χ0) is 17.5. The molecule has 3 heterocycles. The molecule has 1 saturated carbocycles. The van der Waals surface area contributed by atoms with Crippen molar-refractivity contribution in [2.45, 2.75) is 37.8 Å². The molecule has 1 aliphatic rings. The van der Waals surface area contributed by atoms with E-state index >= 15 is 0 Å². The zero-order valence-electron chi connectivity index (χ0n) is 14.3. The number of nitrogens with zero attached hydrogens (tertiary/aromatic N) is 5. The lowest BCUT2D eigenvalue weighted by molar-refractivity contribution is 0.111. The van der Waals surface area contributed by atoms with Gasteiger partial charge in [-0.3, -0.25) is 4.98 Å². The molecule has 5 rings (SSSR count). The lowest BCUT2D eigenvalue weighted by Gasteiger charge is -2.26. The monoisotopic (exact) mass is 345 g/mol. The van der Waals surface area contributed by atoms with Gasteiger partial charge in [-0.1, -0.05) is 18.2 Å². The van der Waals surface area contributed by atoms with E-state index in [0.717, 1.165) is 53.5 Å². The van der Waals surface area contributed by atoms with Crippen molar-refractivity contribution in [1.29, 1.82) is 0 Å². The Hall–Kier alpha value is -2.86. The molecule has 6 nitrogen and oxygen atoms in total. The lowest BCUT2D eigenvalue weighted by Crippen LogP contribution is -2.20.